The molecule has 0 aliphatic rings. The van der Waals surface area contributed by atoms with E-state index in [1.54, 1.807) is 13.8 Å². The lowest BCUT2D eigenvalue weighted by Crippen LogP contribution is -2.20. The molecule has 0 fully saturated rings. The van der Waals surface area contributed by atoms with Gasteiger partial charge in [-0.05, 0) is 61.6 Å². The van der Waals surface area contributed by atoms with Crippen LogP contribution in [0.15, 0.2) is 42.5 Å². The Labute approximate surface area is 169 Å². The minimum absolute atomic E-state index is 0.193. The summed E-state index contributed by atoms with van der Waals surface area (Å²) in [4.78, 5) is 0. The average molecular weight is 386 g/mol. The lowest BCUT2D eigenvalue weighted by atomic mass is 9.77. The summed E-state index contributed by atoms with van der Waals surface area (Å²) in [5.41, 5.74) is 3.29. The molecule has 2 atom stereocenters. The van der Waals surface area contributed by atoms with Crippen LogP contribution in [0.1, 0.15) is 50.8 Å². The van der Waals surface area contributed by atoms with Crippen molar-refractivity contribution in [3.05, 3.63) is 66.1 Å². The largest absolute Gasteiger partial charge is 0.491 e. The van der Waals surface area contributed by atoms with Crippen molar-refractivity contribution in [2.24, 2.45) is 0 Å². The van der Waals surface area contributed by atoms with Crippen molar-refractivity contribution in [2.45, 2.75) is 58.2 Å². The zero-order valence-corrected chi connectivity index (χ0v) is 17.4. The predicted molar refractivity (Wildman–Crippen MR) is 113 cm³/mol. The van der Waals surface area contributed by atoms with E-state index in [1.165, 1.54) is 11.1 Å². The van der Waals surface area contributed by atoms with E-state index in [0.717, 1.165) is 29.9 Å². The number of hydrogen-bond acceptors (Lipinski definition) is 4. The molecule has 28 heavy (non-hydrogen) atoms. The summed E-state index contributed by atoms with van der Waals surface area (Å²) in [6.07, 6.45) is 0.616. The first-order valence-corrected chi connectivity index (χ1v) is 9.89. The van der Waals surface area contributed by atoms with E-state index in [1.807, 2.05) is 18.2 Å². The van der Waals surface area contributed by atoms with Gasteiger partial charge in [0.1, 0.15) is 24.7 Å². The van der Waals surface area contributed by atoms with Crippen LogP contribution in [0.5, 0.6) is 11.5 Å². The Bertz CT molecular complexity index is 733. The third-order valence-electron chi connectivity index (χ3n) is 4.78. The van der Waals surface area contributed by atoms with Crippen LogP contribution in [0.25, 0.3) is 0 Å². The van der Waals surface area contributed by atoms with Crippen LogP contribution in [-0.2, 0) is 11.8 Å². The van der Waals surface area contributed by atoms with Crippen LogP contribution in [0.3, 0.4) is 0 Å². The zero-order chi connectivity index (χ0) is 20.7. The van der Waals surface area contributed by atoms with Gasteiger partial charge in [-0.1, -0.05) is 45.0 Å². The molecule has 1 radical (unpaired) electrons. The Balaban J connectivity index is 2.24. The van der Waals surface area contributed by atoms with Crippen molar-refractivity contribution in [3.63, 3.8) is 0 Å². The number of benzene rings is 2. The van der Waals surface area contributed by atoms with Gasteiger partial charge in [0, 0.05) is 5.41 Å². The summed E-state index contributed by atoms with van der Waals surface area (Å²) in [7, 11) is 0. The maximum atomic E-state index is 9.50. The van der Waals surface area contributed by atoms with E-state index in [4.69, 9.17) is 9.47 Å². The van der Waals surface area contributed by atoms with Gasteiger partial charge in [0.2, 0.25) is 0 Å². The third-order valence-corrected chi connectivity index (χ3v) is 4.78. The summed E-state index contributed by atoms with van der Waals surface area (Å²) in [6, 6.07) is 14.3. The van der Waals surface area contributed by atoms with Gasteiger partial charge in [0.05, 0.1) is 12.2 Å². The molecule has 0 heterocycles. The normalized spacial score (nSPS) is 13.8. The first kappa shape index (κ1) is 22.3. The van der Waals surface area contributed by atoms with E-state index in [0.29, 0.717) is 0 Å². The molecule has 0 aliphatic carbocycles. The number of aliphatic hydroxyl groups is 2. The van der Waals surface area contributed by atoms with Crippen molar-refractivity contribution in [2.75, 3.05) is 13.2 Å². The highest BCUT2D eigenvalue weighted by atomic mass is 16.5. The van der Waals surface area contributed by atoms with Crippen LogP contribution >= 0.6 is 0 Å². The molecule has 0 aliphatic heterocycles. The quantitative estimate of drug-likeness (QED) is 0.640. The molecule has 0 amide bonds. The van der Waals surface area contributed by atoms with E-state index >= 15 is 0 Å². The summed E-state index contributed by atoms with van der Waals surface area (Å²) in [6.45, 7) is 12.3. The molecule has 0 saturated carbocycles. The van der Waals surface area contributed by atoms with E-state index in [9.17, 15) is 10.2 Å². The highest BCUT2D eigenvalue weighted by Crippen LogP contribution is 2.35. The van der Waals surface area contributed by atoms with Gasteiger partial charge in [0.15, 0.2) is 0 Å². The van der Waals surface area contributed by atoms with Crippen LogP contribution in [0.4, 0.5) is 0 Å². The Kier molecular flexibility index (Phi) is 7.90. The first-order valence-electron chi connectivity index (χ1n) is 9.89. The fraction of sp³-hybridized carbons (Fsp3) is 0.458. The van der Waals surface area contributed by atoms with Crippen LogP contribution in [0, 0.1) is 6.92 Å². The standard InChI is InChI=1S/C24H33O4/c1-6-7-19-14-21(10-13-23(19)28-16-18(3)26)24(4,5)20-8-11-22(12-9-20)27-15-17(2)25/h8-14,17-18,25-26H,1,6-7,15-16H2,2-5H3. The second-order valence-electron chi connectivity index (χ2n) is 7.90. The smallest absolute Gasteiger partial charge is 0.122 e. The fourth-order valence-corrected chi connectivity index (χ4v) is 3.06. The molecule has 2 aromatic rings. The number of hydrogen-bond donors (Lipinski definition) is 2. The molecule has 4 nitrogen and oxygen atoms in total. The topological polar surface area (TPSA) is 58.9 Å². The average Bonchev–Trinajstić information content (AvgIpc) is 2.65. The Morgan fingerprint density at radius 3 is 2.04 bits per heavy atom. The molecule has 0 aromatic heterocycles. The molecule has 0 saturated heterocycles. The number of aliphatic hydroxyl groups excluding tert-OH is 2. The third kappa shape index (κ3) is 5.98. The molecular weight excluding hydrogens is 352 g/mol. The highest BCUT2D eigenvalue weighted by Gasteiger charge is 2.24. The van der Waals surface area contributed by atoms with Crippen LogP contribution in [0.2, 0.25) is 0 Å². The summed E-state index contributed by atoms with van der Waals surface area (Å²) in [5.74, 6) is 1.56. The molecule has 4 heteroatoms. The van der Waals surface area contributed by atoms with Gasteiger partial charge in [-0.15, -0.1) is 0 Å². The van der Waals surface area contributed by atoms with Crippen molar-refractivity contribution >= 4 is 0 Å². The van der Waals surface area contributed by atoms with Crippen molar-refractivity contribution in [3.8, 4) is 11.5 Å². The Morgan fingerprint density at radius 2 is 1.46 bits per heavy atom. The monoisotopic (exact) mass is 385 g/mol. The van der Waals surface area contributed by atoms with E-state index in [-0.39, 0.29) is 18.6 Å². The molecule has 2 N–H and O–H groups in total. The predicted octanol–water partition coefficient (Wildman–Crippen LogP) is 4.30. The number of ether oxygens (including phenoxy) is 2. The molecule has 0 bridgehead atoms. The summed E-state index contributed by atoms with van der Waals surface area (Å²) >= 11 is 0. The first-order chi connectivity index (χ1) is 13.2. The van der Waals surface area contributed by atoms with Gasteiger partial charge >= 0.3 is 0 Å². The lowest BCUT2D eigenvalue weighted by molar-refractivity contribution is 0.122. The Morgan fingerprint density at radius 1 is 0.893 bits per heavy atom. The molecule has 153 valence electrons. The summed E-state index contributed by atoms with van der Waals surface area (Å²) < 4.78 is 11.3. The Hall–Kier alpha value is -2.04. The van der Waals surface area contributed by atoms with Crippen LogP contribution < -0.4 is 9.47 Å². The fourth-order valence-electron chi connectivity index (χ4n) is 3.06. The van der Waals surface area contributed by atoms with E-state index in [2.05, 4.69) is 45.0 Å². The van der Waals surface area contributed by atoms with Crippen molar-refractivity contribution < 1.29 is 19.7 Å². The molecule has 2 aromatic carbocycles. The molecule has 2 unspecified atom stereocenters. The SMILES string of the molecule is [CH2]CCc1cc(C(C)(C)c2ccc(OCC(C)O)cc2)ccc1OCC(C)O. The van der Waals surface area contributed by atoms with Gasteiger partial charge < -0.3 is 19.7 Å². The number of aryl methyl sites for hydroxylation is 1. The maximum Gasteiger partial charge on any atom is 0.122 e. The van der Waals surface area contributed by atoms with Gasteiger partial charge in [0.25, 0.3) is 0 Å². The maximum absolute atomic E-state index is 9.50. The van der Waals surface area contributed by atoms with E-state index < -0.39 is 12.2 Å². The molecule has 2 rings (SSSR count). The van der Waals surface area contributed by atoms with Gasteiger partial charge in [-0.2, -0.15) is 0 Å². The molecule has 0 spiro atoms. The van der Waals surface area contributed by atoms with Crippen molar-refractivity contribution in [1.29, 1.82) is 0 Å². The second kappa shape index (κ2) is 9.94. The number of rotatable bonds is 10. The van der Waals surface area contributed by atoms with Crippen molar-refractivity contribution in [1.82, 2.24) is 0 Å². The highest BCUT2D eigenvalue weighted by molar-refractivity contribution is 5.45. The van der Waals surface area contributed by atoms with Gasteiger partial charge in [-0.25, -0.2) is 0 Å². The summed E-state index contributed by atoms with van der Waals surface area (Å²) in [5, 5.41) is 18.8. The second-order valence-corrected chi connectivity index (χ2v) is 7.90. The van der Waals surface area contributed by atoms with Crippen LogP contribution in [-0.4, -0.2) is 35.6 Å². The minimum atomic E-state index is -0.502. The molecular formula is C24H33O4. The zero-order valence-electron chi connectivity index (χ0n) is 17.4. The van der Waals surface area contributed by atoms with Gasteiger partial charge in [-0.3, -0.25) is 0 Å². The minimum Gasteiger partial charge on any atom is -0.491 e. The lowest BCUT2D eigenvalue weighted by Gasteiger charge is -2.27.